The summed E-state index contributed by atoms with van der Waals surface area (Å²) in [6.45, 7) is 2.04. The van der Waals surface area contributed by atoms with Crippen LogP contribution in [0.25, 0.3) is 0 Å². The maximum atomic E-state index is 12.8. The molecule has 1 aliphatic rings. The number of ether oxygens (including phenoxy) is 1. The normalized spacial score (nSPS) is 18.7. The van der Waals surface area contributed by atoms with Gasteiger partial charge in [-0.2, -0.15) is 13.2 Å². The van der Waals surface area contributed by atoms with E-state index in [0.717, 1.165) is 12.1 Å². The van der Waals surface area contributed by atoms with Crippen molar-refractivity contribution in [3.63, 3.8) is 0 Å². The Labute approximate surface area is 129 Å². The van der Waals surface area contributed by atoms with Crippen molar-refractivity contribution in [2.24, 2.45) is 0 Å². The van der Waals surface area contributed by atoms with Crippen LogP contribution in [0.5, 0.6) is 5.75 Å². The third kappa shape index (κ3) is 5.91. The summed E-state index contributed by atoms with van der Waals surface area (Å²) in [7, 11) is 0. The van der Waals surface area contributed by atoms with Crippen LogP contribution in [-0.4, -0.2) is 43.6 Å². The fourth-order valence-electron chi connectivity index (χ4n) is 2.56. The highest BCUT2D eigenvalue weighted by molar-refractivity contribution is 5.29. The SMILES string of the molecule is FC(F)(F)C[C@H](c1ccc(OC(F)(F)F)cc1)N1CCNCC1. The highest BCUT2D eigenvalue weighted by atomic mass is 19.4. The summed E-state index contributed by atoms with van der Waals surface area (Å²) < 4.78 is 78.6. The number of halogens is 6. The lowest BCUT2D eigenvalue weighted by molar-refractivity contribution is -0.274. The van der Waals surface area contributed by atoms with Gasteiger partial charge in [0.2, 0.25) is 0 Å². The molecule has 1 aromatic carbocycles. The van der Waals surface area contributed by atoms with Gasteiger partial charge < -0.3 is 10.1 Å². The van der Waals surface area contributed by atoms with Gasteiger partial charge in [-0.3, -0.25) is 4.90 Å². The Morgan fingerprint density at radius 3 is 2.04 bits per heavy atom. The molecule has 0 bridgehead atoms. The first-order chi connectivity index (χ1) is 10.6. The maximum absolute atomic E-state index is 12.8. The molecule has 1 heterocycles. The summed E-state index contributed by atoms with van der Waals surface area (Å²) >= 11 is 0. The first-order valence-electron chi connectivity index (χ1n) is 7.01. The van der Waals surface area contributed by atoms with Gasteiger partial charge in [-0.1, -0.05) is 12.1 Å². The molecule has 0 aliphatic carbocycles. The van der Waals surface area contributed by atoms with Gasteiger partial charge in [0.05, 0.1) is 6.42 Å². The van der Waals surface area contributed by atoms with E-state index >= 15 is 0 Å². The smallest absolute Gasteiger partial charge is 0.406 e. The molecule has 0 unspecified atom stereocenters. The van der Waals surface area contributed by atoms with Crippen molar-refractivity contribution >= 4 is 0 Å². The van der Waals surface area contributed by atoms with Gasteiger partial charge in [0.15, 0.2) is 0 Å². The zero-order valence-corrected chi connectivity index (χ0v) is 12.0. The second-order valence-electron chi connectivity index (χ2n) is 5.24. The number of alkyl halides is 6. The summed E-state index contributed by atoms with van der Waals surface area (Å²) in [5.41, 5.74) is 0.318. The van der Waals surface area contributed by atoms with Gasteiger partial charge in [0.1, 0.15) is 5.75 Å². The summed E-state index contributed by atoms with van der Waals surface area (Å²) in [4.78, 5) is 1.68. The van der Waals surface area contributed by atoms with Crippen molar-refractivity contribution < 1.29 is 31.1 Å². The second-order valence-corrected chi connectivity index (χ2v) is 5.24. The summed E-state index contributed by atoms with van der Waals surface area (Å²) in [5, 5.41) is 3.05. The van der Waals surface area contributed by atoms with Crippen LogP contribution in [0.1, 0.15) is 18.0 Å². The van der Waals surface area contributed by atoms with Crippen LogP contribution in [0.2, 0.25) is 0 Å². The molecule has 1 aromatic rings. The van der Waals surface area contributed by atoms with Crippen molar-refractivity contribution in [3.05, 3.63) is 29.8 Å². The van der Waals surface area contributed by atoms with E-state index in [-0.39, 0.29) is 0 Å². The largest absolute Gasteiger partial charge is 0.573 e. The lowest BCUT2D eigenvalue weighted by atomic mass is 10.0. The number of rotatable bonds is 4. The molecule has 0 amide bonds. The minimum atomic E-state index is -4.83. The van der Waals surface area contributed by atoms with Crippen LogP contribution < -0.4 is 10.1 Å². The molecule has 0 saturated carbocycles. The molecule has 130 valence electrons. The van der Waals surface area contributed by atoms with Crippen molar-refractivity contribution in [3.8, 4) is 5.75 Å². The Hall–Kier alpha value is -1.48. The molecular formula is C14H16F6N2O. The minimum Gasteiger partial charge on any atom is -0.406 e. The molecule has 1 atom stereocenters. The van der Waals surface area contributed by atoms with Gasteiger partial charge in [-0.25, -0.2) is 0 Å². The number of nitrogens with one attached hydrogen (secondary N) is 1. The third-order valence-corrected chi connectivity index (χ3v) is 3.52. The highest BCUT2D eigenvalue weighted by Gasteiger charge is 2.36. The van der Waals surface area contributed by atoms with Crippen LogP contribution >= 0.6 is 0 Å². The van der Waals surface area contributed by atoms with E-state index in [1.807, 2.05) is 0 Å². The number of hydrogen-bond acceptors (Lipinski definition) is 3. The Bertz CT molecular complexity index is 493. The molecule has 1 aliphatic heterocycles. The van der Waals surface area contributed by atoms with Crippen molar-refractivity contribution in [1.29, 1.82) is 0 Å². The van der Waals surface area contributed by atoms with E-state index in [4.69, 9.17) is 0 Å². The van der Waals surface area contributed by atoms with E-state index in [0.29, 0.717) is 31.7 Å². The molecule has 3 nitrogen and oxygen atoms in total. The van der Waals surface area contributed by atoms with Crippen molar-refractivity contribution in [2.75, 3.05) is 26.2 Å². The Balaban J connectivity index is 2.17. The van der Waals surface area contributed by atoms with E-state index in [9.17, 15) is 26.3 Å². The summed E-state index contributed by atoms with van der Waals surface area (Å²) in [5.74, 6) is -0.452. The van der Waals surface area contributed by atoms with Gasteiger partial charge >= 0.3 is 12.5 Å². The van der Waals surface area contributed by atoms with Crippen LogP contribution in [0.3, 0.4) is 0 Å². The lowest BCUT2D eigenvalue weighted by Gasteiger charge is -2.35. The molecule has 0 aromatic heterocycles. The number of piperazine rings is 1. The van der Waals surface area contributed by atoms with Gasteiger partial charge in [-0.15, -0.1) is 13.2 Å². The molecule has 2 rings (SSSR count). The van der Waals surface area contributed by atoms with Crippen LogP contribution in [0, 0.1) is 0 Å². The van der Waals surface area contributed by atoms with Crippen molar-refractivity contribution in [1.82, 2.24) is 10.2 Å². The van der Waals surface area contributed by atoms with Crippen LogP contribution in [0.4, 0.5) is 26.3 Å². The predicted molar refractivity (Wildman–Crippen MR) is 71.0 cm³/mol. The maximum Gasteiger partial charge on any atom is 0.573 e. The molecule has 1 N–H and O–H groups in total. The average Bonchev–Trinajstić information content (AvgIpc) is 2.44. The zero-order chi connectivity index (χ0) is 17.1. The standard InChI is InChI=1S/C14H16F6N2O/c15-13(16,17)9-12(22-7-5-21-6-8-22)10-1-3-11(4-2-10)23-14(18,19)20/h1-4,12,21H,5-9H2/t12-/m1/s1. The van der Waals surface area contributed by atoms with Crippen LogP contribution in [0.15, 0.2) is 24.3 Å². The average molecular weight is 342 g/mol. The fourth-order valence-corrected chi connectivity index (χ4v) is 2.56. The van der Waals surface area contributed by atoms with E-state index < -0.39 is 30.8 Å². The monoisotopic (exact) mass is 342 g/mol. The van der Waals surface area contributed by atoms with E-state index in [2.05, 4.69) is 10.1 Å². The zero-order valence-electron chi connectivity index (χ0n) is 12.0. The summed E-state index contributed by atoms with van der Waals surface area (Å²) in [6, 6.07) is 3.65. The molecule has 23 heavy (non-hydrogen) atoms. The van der Waals surface area contributed by atoms with Gasteiger partial charge in [-0.05, 0) is 17.7 Å². The molecule has 9 heteroatoms. The van der Waals surface area contributed by atoms with Crippen molar-refractivity contribution in [2.45, 2.75) is 25.0 Å². The number of benzene rings is 1. The molecular weight excluding hydrogens is 326 g/mol. The number of hydrogen-bond donors (Lipinski definition) is 1. The molecule has 0 spiro atoms. The Kier molecular flexibility index (Phi) is 5.41. The second kappa shape index (κ2) is 6.96. The molecule has 1 saturated heterocycles. The fraction of sp³-hybridized carbons (Fsp3) is 0.571. The molecule has 0 radical (unpaired) electrons. The first-order valence-corrected chi connectivity index (χ1v) is 7.01. The van der Waals surface area contributed by atoms with E-state index in [1.165, 1.54) is 12.1 Å². The predicted octanol–water partition coefficient (Wildman–Crippen LogP) is 3.48. The topological polar surface area (TPSA) is 24.5 Å². The van der Waals surface area contributed by atoms with Gasteiger partial charge in [0.25, 0.3) is 0 Å². The van der Waals surface area contributed by atoms with Gasteiger partial charge in [0, 0.05) is 32.2 Å². The summed E-state index contributed by atoms with van der Waals surface area (Å²) in [6.07, 6.45) is -10.2. The lowest BCUT2D eigenvalue weighted by Crippen LogP contribution is -2.46. The number of nitrogens with zero attached hydrogens (tertiary/aromatic N) is 1. The third-order valence-electron chi connectivity index (χ3n) is 3.52. The minimum absolute atomic E-state index is 0.318. The Morgan fingerprint density at radius 1 is 1.00 bits per heavy atom. The molecule has 1 fully saturated rings. The highest BCUT2D eigenvalue weighted by Crippen LogP contribution is 2.35. The van der Waals surface area contributed by atoms with Crippen LogP contribution in [-0.2, 0) is 0 Å². The first kappa shape index (κ1) is 17.9. The van der Waals surface area contributed by atoms with E-state index in [1.54, 1.807) is 4.90 Å². The Morgan fingerprint density at radius 2 is 1.57 bits per heavy atom. The quantitative estimate of drug-likeness (QED) is 0.848.